The number of hydrogen-bond donors (Lipinski definition) is 0. The minimum absolute atomic E-state index is 0.123. The fourth-order valence-electron chi connectivity index (χ4n) is 6.58. The van der Waals surface area contributed by atoms with Crippen LogP contribution in [0.25, 0.3) is 23.3 Å². The molecule has 3 aromatic rings. The van der Waals surface area contributed by atoms with Gasteiger partial charge in [-0.2, -0.15) is 0 Å². The molecule has 0 aromatic heterocycles. The number of ether oxygens (including phenoxy) is 1. The number of aryl methyl sites for hydroxylation is 2. The molecule has 11 nitrogen and oxygen atoms in total. The number of carbonyl (C=O) groups excluding carboxylic acids is 6. The fraction of sp³-hybridized carbons (Fsp3) is 0.222. The summed E-state index contributed by atoms with van der Waals surface area (Å²) in [5.41, 5.74) is 7.72. The Morgan fingerprint density at radius 2 is 0.936 bits per heavy atom. The van der Waals surface area contributed by atoms with Crippen LogP contribution >= 0.6 is 0 Å². The maximum absolute atomic E-state index is 12.9. The third-order valence-electron chi connectivity index (χ3n) is 9.06. The molecule has 0 spiro atoms. The van der Waals surface area contributed by atoms with Crippen LogP contribution in [-0.4, -0.2) is 90.6 Å². The Labute approximate surface area is 271 Å². The number of nitrogens with zero attached hydrogens (tertiary/aromatic N) is 4. The number of urea groups is 2. The smallest absolute Gasteiger partial charge is 0.333 e. The second-order valence-corrected chi connectivity index (χ2v) is 11.9. The summed E-state index contributed by atoms with van der Waals surface area (Å²) in [5, 5.41) is 0. The summed E-state index contributed by atoms with van der Waals surface area (Å²) in [5.74, 6) is -2.29. The van der Waals surface area contributed by atoms with Gasteiger partial charge in [0.25, 0.3) is 23.6 Å². The first-order valence-corrected chi connectivity index (χ1v) is 14.8. The highest BCUT2D eigenvalue weighted by molar-refractivity contribution is 6.31. The third kappa shape index (κ3) is 4.82. The number of fused-ring (bicyclic) bond motifs is 3. The number of likely N-dealkylation sites (N-methyl/N-ethyl adjacent to an activating group) is 4. The predicted octanol–water partition coefficient (Wildman–Crippen LogP) is 4.34. The summed E-state index contributed by atoms with van der Waals surface area (Å²) in [4.78, 5) is 80.0. The largest absolute Gasteiger partial charge is 0.497 e. The van der Waals surface area contributed by atoms with E-state index in [0.29, 0.717) is 16.9 Å². The van der Waals surface area contributed by atoms with Gasteiger partial charge in [0.2, 0.25) is 0 Å². The van der Waals surface area contributed by atoms with Gasteiger partial charge in [-0.25, -0.2) is 9.59 Å². The van der Waals surface area contributed by atoms with Crippen LogP contribution in [0.15, 0.2) is 59.7 Å². The van der Waals surface area contributed by atoms with Crippen LogP contribution in [0.3, 0.4) is 0 Å². The zero-order valence-electron chi connectivity index (χ0n) is 27.0. The van der Waals surface area contributed by atoms with Crippen LogP contribution in [0, 0.1) is 13.8 Å². The van der Waals surface area contributed by atoms with Gasteiger partial charge in [-0.05, 0) is 88.2 Å². The van der Waals surface area contributed by atoms with Gasteiger partial charge in [-0.1, -0.05) is 36.4 Å². The van der Waals surface area contributed by atoms with E-state index in [4.69, 9.17) is 4.74 Å². The number of amides is 8. The molecule has 8 amide bonds. The van der Waals surface area contributed by atoms with Gasteiger partial charge in [-0.15, -0.1) is 0 Å². The van der Waals surface area contributed by atoms with Crippen LogP contribution in [0.4, 0.5) is 9.59 Å². The Hall–Kier alpha value is -5.84. The standard InChI is InChI=1S/C36H32N4O7/c1-18-12-22(47-7)13-19(2)29(18)30-25-14-20(16-27-31(41)37(3)35(45)38(4)32(27)42)8-10-23(25)24-11-9-21(15-26(24)30)17-28-33(43)39(5)36(46)40(6)34(28)44/h8-17,30H,1-7H3. The molecule has 0 atom stereocenters. The molecule has 11 heteroatoms. The average Bonchev–Trinajstić information content (AvgIpc) is 3.37. The van der Waals surface area contributed by atoms with E-state index in [-0.39, 0.29) is 17.1 Å². The summed E-state index contributed by atoms with van der Waals surface area (Å²) >= 11 is 0. The summed E-state index contributed by atoms with van der Waals surface area (Å²) in [6.45, 7) is 4.01. The molecule has 3 aromatic carbocycles. The van der Waals surface area contributed by atoms with E-state index in [9.17, 15) is 28.8 Å². The minimum Gasteiger partial charge on any atom is -0.497 e. The van der Waals surface area contributed by atoms with E-state index in [0.717, 1.165) is 58.5 Å². The van der Waals surface area contributed by atoms with E-state index < -0.39 is 35.7 Å². The molecule has 0 N–H and O–H groups in total. The van der Waals surface area contributed by atoms with E-state index in [1.807, 2.05) is 62.4 Å². The van der Waals surface area contributed by atoms with Crippen molar-refractivity contribution in [2.45, 2.75) is 19.8 Å². The van der Waals surface area contributed by atoms with E-state index in [2.05, 4.69) is 0 Å². The second kappa shape index (κ2) is 11.2. The van der Waals surface area contributed by atoms with Crippen LogP contribution in [0.1, 0.15) is 44.9 Å². The molecule has 0 bridgehead atoms. The van der Waals surface area contributed by atoms with Crippen molar-refractivity contribution < 1.29 is 33.5 Å². The number of hydrogen-bond acceptors (Lipinski definition) is 7. The van der Waals surface area contributed by atoms with E-state index >= 15 is 0 Å². The summed E-state index contributed by atoms with van der Waals surface area (Å²) in [6, 6.07) is 13.9. The number of benzene rings is 3. The molecule has 2 aliphatic heterocycles. The van der Waals surface area contributed by atoms with Gasteiger partial charge < -0.3 is 4.74 Å². The van der Waals surface area contributed by atoms with Crippen molar-refractivity contribution in [3.8, 4) is 16.9 Å². The molecule has 2 heterocycles. The Kier molecular flexibility index (Phi) is 7.42. The highest BCUT2D eigenvalue weighted by Crippen LogP contribution is 2.50. The van der Waals surface area contributed by atoms with Crippen LogP contribution in [0.2, 0.25) is 0 Å². The van der Waals surface area contributed by atoms with E-state index in [1.165, 1.54) is 40.3 Å². The Morgan fingerprint density at radius 3 is 1.28 bits per heavy atom. The van der Waals surface area contributed by atoms with Crippen LogP contribution in [-0.2, 0) is 19.2 Å². The molecule has 0 radical (unpaired) electrons. The molecular weight excluding hydrogens is 600 g/mol. The topological polar surface area (TPSA) is 125 Å². The maximum atomic E-state index is 12.9. The number of carbonyl (C=O) groups is 6. The lowest BCUT2D eigenvalue weighted by molar-refractivity contribution is -0.135. The number of methoxy groups -OCH3 is 1. The van der Waals surface area contributed by atoms with Crippen LogP contribution in [0.5, 0.6) is 5.75 Å². The zero-order chi connectivity index (χ0) is 34.1. The van der Waals surface area contributed by atoms with Crippen molar-refractivity contribution in [2.75, 3.05) is 35.3 Å². The molecule has 2 fully saturated rings. The summed E-state index contributed by atoms with van der Waals surface area (Å²) in [7, 11) is 6.95. The molecule has 1 aliphatic carbocycles. The van der Waals surface area contributed by atoms with Gasteiger partial charge in [0.1, 0.15) is 16.9 Å². The van der Waals surface area contributed by atoms with E-state index in [1.54, 1.807) is 7.11 Å². The van der Waals surface area contributed by atoms with Gasteiger partial charge in [-0.3, -0.25) is 38.8 Å². The van der Waals surface area contributed by atoms with Crippen molar-refractivity contribution in [1.29, 1.82) is 0 Å². The highest BCUT2D eigenvalue weighted by atomic mass is 16.5. The third-order valence-corrected chi connectivity index (χ3v) is 9.06. The maximum Gasteiger partial charge on any atom is 0.333 e. The predicted molar refractivity (Wildman–Crippen MR) is 173 cm³/mol. The molecule has 2 saturated heterocycles. The fourth-order valence-corrected chi connectivity index (χ4v) is 6.58. The molecular formula is C36H32N4O7. The molecule has 0 unspecified atom stereocenters. The first kappa shape index (κ1) is 31.2. The Morgan fingerprint density at radius 1 is 0.574 bits per heavy atom. The van der Waals surface area contributed by atoms with Crippen LogP contribution < -0.4 is 4.74 Å². The van der Waals surface area contributed by atoms with Crippen molar-refractivity contribution in [2.24, 2.45) is 0 Å². The first-order valence-electron chi connectivity index (χ1n) is 14.8. The molecule has 238 valence electrons. The second-order valence-electron chi connectivity index (χ2n) is 11.9. The monoisotopic (exact) mass is 632 g/mol. The lowest BCUT2D eigenvalue weighted by Crippen LogP contribution is -2.52. The normalized spacial score (nSPS) is 16.7. The molecule has 47 heavy (non-hydrogen) atoms. The minimum atomic E-state index is -0.695. The average molecular weight is 633 g/mol. The highest BCUT2D eigenvalue weighted by Gasteiger charge is 2.40. The zero-order valence-corrected chi connectivity index (χ0v) is 27.0. The lowest BCUT2D eigenvalue weighted by Gasteiger charge is -2.29. The quantitative estimate of drug-likeness (QED) is 0.242. The summed E-state index contributed by atoms with van der Waals surface area (Å²) in [6.07, 6.45) is 3.01. The van der Waals surface area contributed by atoms with Crippen molar-refractivity contribution in [1.82, 2.24) is 19.6 Å². The molecule has 0 saturated carbocycles. The Bertz CT molecular complexity index is 1850. The van der Waals surface area contributed by atoms with Gasteiger partial charge in [0.15, 0.2) is 0 Å². The first-order chi connectivity index (χ1) is 22.2. The Balaban J connectivity index is 1.52. The van der Waals surface area contributed by atoms with Gasteiger partial charge >= 0.3 is 12.1 Å². The SMILES string of the molecule is COc1cc(C)c(C2c3cc(C=C4C(=O)N(C)C(=O)N(C)C4=O)ccc3-c3ccc(C=C4C(=O)N(C)C(=O)N(C)C4=O)cc32)c(C)c1. The molecule has 6 rings (SSSR count). The number of imide groups is 4. The molecule has 3 aliphatic rings. The lowest BCUT2D eigenvalue weighted by atomic mass is 9.83. The van der Waals surface area contributed by atoms with Crippen molar-refractivity contribution in [3.05, 3.63) is 98.6 Å². The van der Waals surface area contributed by atoms with Crippen molar-refractivity contribution in [3.63, 3.8) is 0 Å². The number of barbiturate groups is 2. The van der Waals surface area contributed by atoms with Gasteiger partial charge in [0.05, 0.1) is 7.11 Å². The number of rotatable bonds is 4. The van der Waals surface area contributed by atoms with Gasteiger partial charge in [0, 0.05) is 34.1 Å². The van der Waals surface area contributed by atoms with Crippen molar-refractivity contribution >= 4 is 47.8 Å². The summed E-state index contributed by atoms with van der Waals surface area (Å²) < 4.78 is 5.52.